The average molecular weight is 131 g/mol. The number of halogens is 1. The monoisotopic (exact) mass is 130 g/mol. The van der Waals surface area contributed by atoms with Crippen molar-refractivity contribution in [3.05, 3.63) is 0 Å². The second kappa shape index (κ2) is 7.25. The second-order valence-electron chi connectivity index (χ2n) is 1.32. The van der Waals surface area contributed by atoms with Gasteiger partial charge in [-0.1, -0.05) is 0 Å². The molecule has 0 aliphatic carbocycles. The Morgan fingerprint density at radius 1 is 1.00 bits per heavy atom. The van der Waals surface area contributed by atoms with Crippen LogP contribution in [0, 0.1) is 0 Å². The van der Waals surface area contributed by atoms with Crippen LogP contribution in [0.15, 0.2) is 0 Å². The molecule has 0 bridgehead atoms. The maximum absolute atomic E-state index is 4.94. The summed E-state index contributed by atoms with van der Waals surface area (Å²) < 4.78 is 4.94. The van der Waals surface area contributed by atoms with Crippen LogP contribution in [0.2, 0.25) is 0 Å². The first-order valence-electron chi connectivity index (χ1n) is 2.08. The molecule has 1 aliphatic heterocycles. The number of hydrogen-bond acceptors (Lipinski definition) is 1. The van der Waals surface area contributed by atoms with Crippen LogP contribution in [0.4, 0.5) is 0 Å². The predicted molar refractivity (Wildman–Crippen MR) is 20.1 cm³/mol. The Bertz CT molecular complexity index is 23.3. The van der Waals surface area contributed by atoms with Gasteiger partial charge in [0.2, 0.25) is 0 Å². The minimum absolute atomic E-state index is 0. The van der Waals surface area contributed by atoms with Crippen molar-refractivity contribution >= 4 is 0 Å². The molecular weight excluding hydrogens is 122 g/mol. The van der Waals surface area contributed by atoms with Crippen LogP contribution in [0.25, 0.3) is 0 Å². The van der Waals surface area contributed by atoms with Gasteiger partial charge in [-0.3, -0.25) is 0 Å². The van der Waals surface area contributed by atoms with Crippen molar-refractivity contribution in [1.29, 1.82) is 0 Å². The Morgan fingerprint density at radius 3 is 1.57 bits per heavy atom. The summed E-state index contributed by atoms with van der Waals surface area (Å²) in [5.74, 6) is 0. The van der Waals surface area contributed by atoms with Gasteiger partial charge in [0.1, 0.15) is 0 Å². The van der Waals surface area contributed by atoms with Crippen molar-refractivity contribution in [3.8, 4) is 0 Å². The Kier molecular flexibility index (Phi) is 11.5. The summed E-state index contributed by atoms with van der Waals surface area (Å²) in [6.45, 7) is 2.00. The van der Waals surface area contributed by atoms with Crippen molar-refractivity contribution in [1.82, 2.24) is 0 Å². The van der Waals surface area contributed by atoms with Gasteiger partial charge < -0.3 is 17.1 Å². The summed E-state index contributed by atoms with van der Waals surface area (Å²) in [4.78, 5) is 0. The molecule has 38 valence electrons. The summed E-state index contributed by atoms with van der Waals surface area (Å²) in [6, 6.07) is 0. The molecule has 1 aliphatic rings. The van der Waals surface area contributed by atoms with E-state index in [1.54, 1.807) is 0 Å². The fraction of sp³-hybridized carbons (Fsp3) is 1.00. The van der Waals surface area contributed by atoms with Crippen molar-refractivity contribution < 1.29 is 46.7 Å². The molecule has 1 heterocycles. The van der Waals surface area contributed by atoms with E-state index in [0.29, 0.717) is 0 Å². The largest absolute Gasteiger partial charge is 1.00 e. The molecule has 0 aromatic carbocycles. The van der Waals surface area contributed by atoms with Gasteiger partial charge in [0.25, 0.3) is 0 Å². The first-order valence-corrected chi connectivity index (χ1v) is 2.08. The van der Waals surface area contributed by atoms with Crippen LogP contribution < -0.4 is 42.0 Å². The molecule has 3 heteroatoms. The molecule has 0 spiro atoms. The first kappa shape index (κ1) is 11.1. The van der Waals surface area contributed by atoms with E-state index in [1.807, 2.05) is 0 Å². The molecule has 0 unspecified atom stereocenters. The molecule has 0 radical (unpaired) electrons. The van der Waals surface area contributed by atoms with E-state index < -0.39 is 0 Å². The fourth-order valence-electron chi connectivity index (χ4n) is 0.510. The Balaban J connectivity index is 0. The maximum atomic E-state index is 4.94. The van der Waals surface area contributed by atoms with Crippen LogP contribution in [-0.4, -0.2) is 13.2 Å². The predicted octanol–water partition coefficient (Wildman–Crippen LogP) is -5.20. The van der Waals surface area contributed by atoms with Gasteiger partial charge in [0.05, 0.1) is 0 Å². The molecular formula is C4H8ClNaO. The minimum atomic E-state index is 0. The zero-order chi connectivity index (χ0) is 3.54. The van der Waals surface area contributed by atoms with Crippen LogP contribution in [0.1, 0.15) is 12.8 Å². The Labute approximate surface area is 72.5 Å². The second-order valence-corrected chi connectivity index (χ2v) is 1.32. The van der Waals surface area contributed by atoms with Crippen molar-refractivity contribution in [2.45, 2.75) is 12.8 Å². The zero-order valence-electron chi connectivity index (χ0n) is 4.61. The molecule has 1 rings (SSSR count). The molecule has 7 heavy (non-hydrogen) atoms. The van der Waals surface area contributed by atoms with E-state index in [1.165, 1.54) is 12.8 Å². The normalized spacial score (nSPS) is 17.1. The van der Waals surface area contributed by atoms with Crippen molar-refractivity contribution in [3.63, 3.8) is 0 Å². The number of rotatable bonds is 0. The van der Waals surface area contributed by atoms with E-state index in [2.05, 4.69) is 0 Å². The van der Waals surface area contributed by atoms with Gasteiger partial charge in [-0.05, 0) is 12.8 Å². The molecule has 0 aromatic rings. The summed E-state index contributed by atoms with van der Waals surface area (Å²) in [5.41, 5.74) is 0. The van der Waals surface area contributed by atoms with Gasteiger partial charge >= 0.3 is 29.6 Å². The molecule has 0 atom stereocenters. The van der Waals surface area contributed by atoms with E-state index in [0.717, 1.165) is 13.2 Å². The molecule has 0 N–H and O–H groups in total. The van der Waals surface area contributed by atoms with Gasteiger partial charge in [-0.25, -0.2) is 0 Å². The van der Waals surface area contributed by atoms with Crippen molar-refractivity contribution in [2.75, 3.05) is 13.2 Å². The third-order valence-corrected chi connectivity index (χ3v) is 0.827. The maximum Gasteiger partial charge on any atom is 1.00 e. The quantitative estimate of drug-likeness (QED) is 0.298. The number of ether oxygens (including phenoxy) is 1. The molecule has 1 saturated heterocycles. The van der Waals surface area contributed by atoms with Crippen molar-refractivity contribution in [2.24, 2.45) is 0 Å². The van der Waals surface area contributed by atoms with Crippen LogP contribution >= 0.6 is 0 Å². The summed E-state index contributed by atoms with van der Waals surface area (Å²) in [5, 5.41) is 0. The first-order chi connectivity index (χ1) is 2.50. The van der Waals surface area contributed by atoms with Gasteiger partial charge in [-0.15, -0.1) is 0 Å². The summed E-state index contributed by atoms with van der Waals surface area (Å²) in [6.07, 6.45) is 2.56. The molecule has 1 nitrogen and oxygen atoms in total. The zero-order valence-corrected chi connectivity index (χ0v) is 7.37. The summed E-state index contributed by atoms with van der Waals surface area (Å²) in [7, 11) is 0. The van der Waals surface area contributed by atoms with Crippen LogP contribution in [-0.2, 0) is 4.74 Å². The molecule has 0 aromatic heterocycles. The fourth-order valence-corrected chi connectivity index (χ4v) is 0.510. The van der Waals surface area contributed by atoms with Crippen LogP contribution in [0.5, 0.6) is 0 Å². The van der Waals surface area contributed by atoms with Crippen LogP contribution in [0.3, 0.4) is 0 Å². The summed E-state index contributed by atoms with van der Waals surface area (Å²) >= 11 is 0. The SMILES string of the molecule is C1CCOC1.[Cl-].[Na+]. The Morgan fingerprint density at radius 2 is 1.43 bits per heavy atom. The smallest absolute Gasteiger partial charge is 1.00 e. The van der Waals surface area contributed by atoms with E-state index in [-0.39, 0.29) is 42.0 Å². The molecule has 0 amide bonds. The van der Waals surface area contributed by atoms with E-state index >= 15 is 0 Å². The Hall–Kier alpha value is 1.25. The number of hydrogen-bond donors (Lipinski definition) is 0. The van der Waals surface area contributed by atoms with Gasteiger partial charge in [0.15, 0.2) is 0 Å². The van der Waals surface area contributed by atoms with E-state index in [4.69, 9.17) is 4.74 Å². The molecule has 0 saturated carbocycles. The topological polar surface area (TPSA) is 9.23 Å². The third-order valence-electron chi connectivity index (χ3n) is 0.827. The third kappa shape index (κ3) is 5.12. The van der Waals surface area contributed by atoms with Gasteiger partial charge in [0, 0.05) is 13.2 Å². The van der Waals surface area contributed by atoms with E-state index in [9.17, 15) is 0 Å². The van der Waals surface area contributed by atoms with Gasteiger partial charge in [-0.2, -0.15) is 0 Å². The standard InChI is InChI=1S/C4H8O.ClH.Na/c1-2-4-5-3-1;;/h1-4H2;1H;/q;;+1/p-1. The average Bonchev–Trinajstić information content (AvgIpc) is 1.76. The minimum Gasteiger partial charge on any atom is -1.00 e. The molecule has 1 fully saturated rings.